The lowest BCUT2D eigenvalue weighted by Gasteiger charge is -2.25. The summed E-state index contributed by atoms with van der Waals surface area (Å²) < 4.78 is 27.3. The van der Waals surface area contributed by atoms with Crippen molar-refractivity contribution in [2.24, 2.45) is 5.92 Å². The molecule has 0 amide bonds. The van der Waals surface area contributed by atoms with Crippen molar-refractivity contribution < 1.29 is 8.42 Å². The second kappa shape index (κ2) is 6.90. The van der Waals surface area contributed by atoms with Gasteiger partial charge in [0, 0.05) is 19.6 Å². The topological polar surface area (TPSA) is 49.4 Å². The minimum Gasteiger partial charge on any atom is -0.313 e. The van der Waals surface area contributed by atoms with Gasteiger partial charge in [0.05, 0.1) is 4.90 Å². The lowest BCUT2D eigenvalue weighted by atomic mass is 10.2. The van der Waals surface area contributed by atoms with E-state index in [1.807, 2.05) is 19.1 Å². The van der Waals surface area contributed by atoms with Crippen molar-refractivity contribution in [3.63, 3.8) is 0 Å². The molecule has 4 nitrogen and oxygen atoms in total. The number of sulfonamides is 1. The minimum absolute atomic E-state index is 0.0756. The Morgan fingerprint density at radius 2 is 2.00 bits per heavy atom. The molecule has 118 valence electrons. The molecule has 1 aliphatic carbocycles. The molecule has 0 radical (unpaired) electrons. The summed E-state index contributed by atoms with van der Waals surface area (Å²) in [6, 6.07) is 7.38. The quantitative estimate of drug-likeness (QED) is 0.751. The summed E-state index contributed by atoms with van der Waals surface area (Å²) >= 11 is 0. The minimum atomic E-state index is -3.42. The van der Waals surface area contributed by atoms with E-state index in [1.54, 1.807) is 23.5 Å². The Labute approximate surface area is 128 Å². The van der Waals surface area contributed by atoms with Crippen LogP contribution in [0.15, 0.2) is 29.2 Å². The maximum absolute atomic E-state index is 12.9. The van der Waals surface area contributed by atoms with Crippen LogP contribution in [-0.2, 0) is 16.6 Å². The van der Waals surface area contributed by atoms with E-state index in [2.05, 4.69) is 12.2 Å². The molecule has 21 heavy (non-hydrogen) atoms. The molecule has 1 unspecified atom stereocenters. The van der Waals surface area contributed by atoms with Gasteiger partial charge in [0.15, 0.2) is 0 Å². The molecule has 1 atom stereocenters. The molecule has 1 aliphatic rings. The molecule has 1 N–H and O–H groups in total. The van der Waals surface area contributed by atoms with Gasteiger partial charge < -0.3 is 5.32 Å². The van der Waals surface area contributed by atoms with Crippen LogP contribution in [0.3, 0.4) is 0 Å². The Bertz CT molecular complexity index is 567. The van der Waals surface area contributed by atoms with E-state index in [9.17, 15) is 8.42 Å². The van der Waals surface area contributed by atoms with Gasteiger partial charge in [-0.25, -0.2) is 8.42 Å². The monoisotopic (exact) mass is 310 g/mol. The Morgan fingerprint density at radius 3 is 2.62 bits per heavy atom. The zero-order chi connectivity index (χ0) is 15.5. The second-order valence-corrected chi connectivity index (χ2v) is 7.85. The second-order valence-electron chi connectivity index (χ2n) is 5.88. The van der Waals surface area contributed by atoms with E-state index in [1.165, 1.54) is 0 Å². The van der Waals surface area contributed by atoms with Gasteiger partial charge in [-0.05, 0) is 50.3 Å². The summed E-state index contributed by atoms with van der Waals surface area (Å²) in [5, 5.41) is 3.28. The van der Waals surface area contributed by atoms with Crippen molar-refractivity contribution in [1.29, 1.82) is 0 Å². The van der Waals surface area contributed by atoms with Crippen LogP contribution < -0.4 is 5.32 Å². The third-order valence-electron chi connectivity index (χ3n) is 4.25. The molecule has 0 aromatic heterocycles. The van der Waals surface area contributed by atoms with Gasteiger partial charge in [0.25, 0.3) is 0 Å². The fourth-order valence-corrected chi connectivity index (χ4v) is 4.19. The number of rotatable bonds is 8. The average molecular weight is 310 g/mol. The first-order valence-electron chi connectivity index (χ1n) is 7.75. The first-order valence-corrected chi connectivity index (χ1v) is 9.19. The summed E-state index contributed by atoms with van der Waals surface area (Å²) in [6.45, 7) is 5.59. The molecule has 1 fully saturated rings. The van der Waals surface area contributed by atoms with E-state index in [-0.39, 0.29) is 6.04 Å². The van der Waals surface area contributed by atoms with Gasteiger partial charge in [-0.1, -0.05) is 25.1 Å². The highest BCUT2D eigenvalue weighted by Gasteiger charge is 2.36. The lowest BCUT2D eigenvalue weighted by molar-refractivity contribution is 0.356. The Balaban J connectivity index is 2.22. The zero-order valence-electron chi connectivity index (χ0n) is 13.2. The predicted octanol–water partition coefficient (Wildman–Crippen LogP) is 2.61. The molecule has 0 aliphatic heterocycles. The van der Waals surface area contributed by atoms with Gasteiger partial charge in [0.2, 0.25) is 10.0 Å². The predicted molar refractivity (Wildman–Crippen MR) is 85.6 cm³/mol. The van der Waals surface area contributed by atoms with Crippen molar-refractivity contribution in [2.75, 3.05) is 13.6 Å². The lowest BCUT2D eigenvalue weighted by Crippen LogP contribution is -2.37. The molecule has 0 heterocycles. The Kier molecular flexibility index (Phi) is 5.41. The van der Waals surface area contributed by atoms with Crippen LogP contribution in [0.25, 0.3) is 0 Å². The van der Waals surface area contributed by atoms with Gasteiger partial charge in [-0.15, -0.1) is 0 Å². The van der Waals surface area contributed by atoms with E-state index < -0.39 is 10.0 Å². The standard InChI is InChI=1S/C16H26N2O2S/c1-4-11-17-12-15-7-5-6-8-16(15)21(19,20)18(3)13(2)14-9-10-14/h5-8,13-14,17H,4,9-12H2,1-3H3. The molecule has 0 spiro atoms. The van der Waals surface area contributed by atoms with E-state index >= 15 is 0 Å². The van der Waals surface area contributed by atoms with Crippen molar-refractivity contribution in [3.8, 4) is 0 Å². The van der Waals surface area contributed by atoms with E-state index in [0.29, 0.717) is 17.4 Å². The average Bonchev–Trinajstić information content (AvgIpc) is 3.31. The van der Waals surface area contributed by atoms with E-state index in [0.717, 1.165) is 31.4 Å². The number of benzene rings is 1. The number of hydrogen-bond acceptors (Lipinski definition) is 3. The normalized spacial score (nSPS) is 17.1. The third-order valence-corrected chi connectivity index (χ3v) is 6.29. The van der Waals surface area contributed by atoms with Gasteiger partial charge in [-0.2, -0.15) is 4.31 Å². The largest absolute Gasteiger partial charge is 0.313 e. The molecular formula is C16H26N2O2S. The fourth-order valence-electron chi connectivity index (χ4n) is 2.55. The smallest absolute Gasteiger partial charge is 0.243 e. The maximum Gasteiger partial charge on any atom is 0.243 e. The van der Waals surface area contributed by atoms with Crippen LogP contribution in [0.2, 0.25) is 0 Å². The molecule has 0 bridgehead atoms. The van der Waals surface area contributed by atoms with Gasteiger partial charge in [0.1, 0.15) is 0 Å². The summed E-state index contributed by atoms with van der Waals surface area (Å²) in [5.41, 5.74) is 0.848. The first-order chi connectivity index (χ1) is 9.98. The van der Waals surface area contributed by atoms with Crippen LogP contribution in [0, 0.1) is 5.92 Å². The summed E-state index contributed by atoms with van der Waals surface area (Å²) in [7, 11) is -1.71. The third kappa shape index (κ3) is 3.84. The molecule has 1 saturated carbocycles. The Morgan fingerprint density at radius 1 is 1.33 bits per heavy atom. The molecular weight excluding hydrogens is 284 g/mol. The number of hydrogen-bond donors (Lipinski definition) is 1. The summed E-state index contributed by atoms with van der Waals surface area (Å²) in [6.07, 6.45) is 3.31. The number of nitrogens with one attached hydrogen (secondary N) is 1. The van der Waals surface area contributed by atoms with Crippen molar-refractivity contribution in [2.45, 2.75) is 50.6 Å². The molecule has 2 rings (SSSR count). The van der Waals surface area contributed by atoms with Gasteiger partial charge in [-0.3, -0.25) is 0 Å². The SMILES string of the molecule is CCCNCc1ccccc1S(=O)(=O)N(C)C(C)C1CC1. The van der Waals surface area contributed by atoms with Crippen LogP contribution in [-0.4, -0.2) is 32.4 Å². The number of nitrogens with zero attached hydrogens (tertiary/aromatic N) is 1. The highest BCUT2D eigenvalue weighted by molar-refractivity contribution is 7.89. The molecule has 1 aromatic rings. The maximum atomic E-state index is 12.9. The highest BCUT2D eigenvalue weighted by atomic mass is 32.2. The first kappa shape index (κ1) is 16.5. The molecule has 1 aromatic carbocycles. The van der Waals surface area contributed by atoms with Gasteiger partial charge >= 0.3 is 0 Å². The van der Waals surface area contributed by atoms with Crippen molar-refractivity contribution in [3.05, 3.63) is 29.8 Å². The highest BCUT2D eigenvalue weighted by Crippen LogP contribution is 2.36. The van der Waals surface area contributed by atoms with Crippen LogP contribution in [0.1, 0.15) is 38.7 Å². The molecule has 0 saturated heterocycles. The van der Waals surface area contributed by atoms with Crippen LogP contribution in [0.5, 0.6) is 0 Å². The Hall–Kier alpha value is -0.910. The van der Waals surface area contributed by atoms with Crippen molar-refractivity contribution in [1.82, 2.24) is 9.62 Å². The van der Waals surface area contributed by atoms with Crippen LogP contribution in [0.4, 0.5) is 0 Å². The summed E-state index contributed by atoms with van der Waals surface area (Å²) in [4.78, 5) is 0.434. The van der Waals surface area contributed by atoms with Crippen LogP contribution >= 0.6 is 0 Å². The fraction of sp³-hybridized carbons (Fsp3) is 0.625. The zero-order valence-corrected chi connectivity index (χ0v) is 14.0. The molecule has 5 heteroatoms. The summed E-state index contributed by atoms with van der Waals surface area (Å²) in [5.74, 6) is 0.523. The van der Waals surface area contributed by atoms with E-state index in [4.69, 9.17) is 0 Å². The van der Waals surface area contributed by atoms with Crippen molar-refractivity contribution >= 4 is 10.0 Å².